The van der Waals surface area contributed by atoms with Crippen molar-refractivity contribution in [2.24, 2.45) is 9.98 Å². The van der Waals surface area contributed by atoms with Crippen molar-refractivity contribution in [3.05, 3.63) is 71.8 Å². The first-order valence-electron chi connectivity index (χ1n) is 9.80. The first kappa shape index (κ1) is 20.0. The second-order valence-corrected chi connectivity index (χ2v) is 7.69. The number of nitrogens with one attached hydrogen (secondary N) is 3. The molecule has 1 aromatic heterocycles. The molecule has 0 bridgehead atoms. The Balaban J connectivity index is 1.34. The van der Waals surface area contributed by atoms with Crippen LogP contribution >= 0.6 is 11.6 Å². The van der Waals surface area contributed by atoms with Crippen LogP contribution in [0, 0.1) is 0 Å². The van der Waals surface area contributed by atoms with Crippen LogP contribution in [0.4, 0.5) is 17.2 Å². The second-order valence-electron chi connectivity index (χ2n) is 7.28. The Bertz CT molecular complexity index is 1200. The van der Waals surface area contributed by atoms with Gasteiger partial charge in [-0.15, -0.1) is 0 Å². The van der Waals surface area contributed by atoms with Crippen molar-refractivity contribution in [2.45, 2.75) is 6.29 Å². The van der Waals surface area contributed by atoms with E-state index in [0.717, 1.165) is 17.2 Å². The molecule has 0 radical (unpaired) electrons. The second kappa shape index (κ2) is 8.33. The molecular weight excluding hydrogens is 430 g/mol. The standard InChI is InChI=1S/C21H20ClN9O/c1-30(2)21-24-11-16-19(29-21)20(26-12-25-16)28-13-3-4-17(15(22)9-13)32-14-5-8-31-18(10-14)23-6-7-27-31/h3-12,21,27,29H,1-2H3,(H,25,26,28). The molecular formula is C21H20ClN9O. The first-order chi connectivity index (χ1) is 15.6. The first-order valence-corrected chi connectivity index (χ1v) is 10.2. The van der Waals surface area contributed by atoms with Crippen molar-refractivity contribution in [3.63, 3.8) is 0 Å². The van der Waals surface area contributed by atoms with Crippen LogP contribution in [0.5, 0.6) is 5.75 Å². The molecule has 1 atom stereocenters. The average molecular weight is 450 g/mol. The Morgan fingerprint density at radius 3 is 3.00 bits per heavy atom. The molecule has 0 aliphatic carbocycles. The molecule has 1 aromatic carbocycles. The summed E-state index contributed by atoms with van der Waals surface area (Å²) in [6.45, 7) is 0. The van der Waals surface area contributed by atoms with Gasteiger partial charge >= 0.3 is 0 Å². The van der Waals surface area contributed by atoms with Crippen LogP contribution in [0.2, 0.25) is 5.02 Å². The maximum atomic E-state index is 6.50. The number of nitrogens with zero attached hydrogens (tertiary/aromatic N) is 6. The molecule has 3 N–H and O–H groups in total. The van der Waals surface area contributed by atoms with Gasteiger partial charge in [-0.3, -0.25) is 15.3 Å². The van der Waals surface area contributed by atoms with E-state index >= 15 is 0 Å². The minimum Gasteiger partial charge on any atom is -0.456 e. The fourth-order valence-electron chi connectivity index (χ4n) is 3.20. The highest BCUT2D eigenvalue weighted by molar-refractivity contribution is 6.32. The third kappa shape index (κ3) is 4.01. The molecule has 0 saturated heterocycles. The van der Waals surface area contributed by atoms with Crippen LogP contribution in [0.3, 0.4) is 0 Å². The molecule has 0 amide bonds. The number of aliphatic imine (C=N–C) groups is 2. The Hall–Kier alpha value is -3.89. The summed E-state index contributed by atoms with van der Waals surface area (Å²) in [7, 11) is 3.88. The van der Waals surface area contributed by atoms with Gasteiger partial charge in [0.2, 0.25) is 0 Å². The van der Waals surface area contributed by atoms with Crippen molar-refractivity contribution in [3.8, 4) is 5.75 Å². The van der Waals surface area contributed by atoms with Gasteiger partial charge in [0, 0.05) is 30.4 Å². The van der Waals surface area contributed by atoms with E-state index in [2.05, 4.69) is 36.0 Å². The summed E-state index contributed by atoms with van der Waals surface area (Å²) in [5.41, 5.74) is 5.30. The number of halogens is 1. The lowest BCUT2D eigenvalue weighted by molar-refractivity contribution is 0.332. The van der Waals surface area contributed by atoms with Crippen molar-refractivity contribution in [1.82, 2.24) is 25.3 Å². The van der Waals surface area contributed by atoms with E-state index in [-0.39, 0.29) is 6.29 Å². The number of rotatable bonds is 5. The summed E-state index contributed by atoms with van der Waals surface area (Å²) >= 11 is 6.50. The third-order valence-corrected chi connectivity index (χ3v) is 5.10. The number of fused-ring (bicyclic) bond motifs is 2. The lowest BCUT2D eigenvalue weighted by Crippen LogP contribution is -2.37. The summed E-state index contributed by atoms with van der Waals surface area (Å²) in [4.78, 5) is 19.3. The molecule has 0 spiro atoms. The van der Waals surface area contributed by atoms with E-state index in [9.17, 15) is 0 Å². The number of ether oxygens (including phenoxy) is 1. The summed E-state index contributed by atoms with van der Waals surface area (Å²) in [6, 6.07) is 5.46. The Morgan fingerprint density at radius 2 is 2.16 bits per heavy atom. The van der Waals surface area contributed by atoms with Crippen LogP contribution in [-0.2, 0) is 0 Å². The average Bonchev–Trinajstić information content (AvgIpc) is 2.80. The van der Waals surface area contributed by atoms with Crippen LogP contribution < -0.4 is 20.8 Å². The topological polar surface area (TPSA) is 102 Å². The van der Waals surface area contributed by atoms with E-state index < -0.39 is 0 Å². The number of hydrogen-bond donors (Lipinski definition) is 3. The molecule has 4 heterocycles. The molecule has 32 heavy (non-hydrogen) atoms. The van der Waals surface area contributed by atoms with E-state index in [1.165, 1.54) is 6.33 Å². The lowest BCUT2D eigenvalue weighted by atomic mass is 10.2. The molecule has 10 nitrogen and oxygen atoms in total. The maximum absolute atomic E-state index is 6.50. The SMILES string of the molecule is CN(C)C1N=Cc2ncnc(Nc3ccc(OC4=CC5=NC=CNN5C=C4)c(Cl)c3)c2N1. The van der Waals surface area contributed by atoms with Gasteiger partial charge in [-0.1, -0.05) is 11.6 Å². The summed E-state index contributed by atoms with van der Waals surface area (Å²) in [5.74, 6) is 2.51. The van der Waals surface area contributed by atoms with Crippen LogP contribution in [-0.4, -0.2) is 52.3 Å². The molecule has 0 fully saturated rings. The Morgan fingerprint density at radius 1 is 1.25 bits per heavy atom. The van der Waals surface area contributed by atoms with Gasteiger partial charge in [0.25, 0.3) is 0 Å². The maximum Gasteiger partial charge on any atom is 0.175 e. The number of amidine groups is 1. The largest absolute Gasteiger partial charge is 0.456 e. The van der Waals surface area contributed by atoms with Gasteiger partial charge in [-0.05, 0) is 38.4 Å². The molecule has 0 saturated carbocycles. The number of hydrazine groups is 1. The van der Waals surface area contributed by atoms with E-state index in [1.54, 1.807) is 35.8 Å². The van der Waals surface area contributed by atoms with Gasteiger partial charge in [0.1, 0.15) is 29.2 Å². The number of allylic oxidation sites excluding steroid dienone is 1. The van der Waals surface area contributed by atoms with E-state index in [1.807, 2.05) is 43.4 Å². The lowest BCUT2D eigenvalue weighted by Gasteiger charge is -2.27. The highest BCUT2D eigenvalue weighted by Gasteiger charge is 2.20. The molecule has 1 unspecified atom stereocenters. The molecule has 5 rings (SSSR count). The highest BCUT2D eigenvalue weighted by atomic mass is 35.5. The summed E-state index contributed by atoms with van der Waals surface area (Å²) in [6.07, 6.45) is 11.9. The Kier molecular flexibility index (Phi) is 5.21. The van der Waals surface area contributed by atoms with Gasteiger partial charge in [-0.25, -0.2) is 20.0 Å². The molecule has 3 aliphatic rings. The Labute approximate surface area is 189 Å². The highest BCUT2D eigenvalue weighted by Crippen LogP contribution is 2.33. The zero-order valence-electron chi connectivity index (χ0n) is 17.3. The minimum atomic E-state index is -0.194. The van der Waals surface area contributed by atoms with E-state index in [4.69, 9.17) is 16.3 Å². The predicted octanol–water partition coefficient (Wildman–Crippen LogP) is 3.04. The quantitative estimate of drug-likeness (QED) is 0.640. The zero-order chi connectivity index (χ0) is 22.1. The predicted molar refractivity (Wildman–Crippen MR) is 125 cm³/mol. The minimum absolute atomic E-state index is 0.194. The van der Waals surface area contributed by atoms with Crippen LogP contribution in [0.1, 0.15) is 5.69 Å². The summed E-state index contributed by atoms with van der Waals surface area (Å²) in [5, 5.41) is 8.87. The molecule has 162 valence electrons. The normalized spacial score (nSPS) is 18.2. The van der Waals surface area contributed by atoms with Gasteiger partial charge in [0.15, 0.2) is 17.9 Å². The fraction of sp³-hybridized carbons (Fsp3) is 0.143. The smallest absolute Gasteiger partial charge is 0.175 e. The van der Waals surface area contributed by atoms with Crippen LogP contribution in [0.15, 0.2) is 71.0 Å². The van der Waals surface area contributed by atoms with Gasteiger partial charge < -0.3 is 15.4 Å². The van der Waals surface area contributed by atoms with E-state index in [0.29, 0.717) is 28.0 Å². The van der Waals surface area contributed by atoms with Crippen LogP contribution in [0.25, 0.3) is 0 Å². The third-order valence-electron chi connectivity index (χ3n) is 4.80. The molecule has 11 heteroatoms. The van der Waals surface area contributed by atoms with Crippen molar-refractivity contribution < 1.29 is 4.74 Å². The number of hydrogen-bond acceptors (Lipinski definition) is 10. The zero-order valence-corrected chi connectivity index (χ0v) is 18.1. The van der Waals surface area contributed by atoms with Crippen molar-refractivity contribution in [1.29, 1.82) is 0 Å². The number of anilines is 3. The molecule has 3 aliphatic heterocycles. The monoisotopic (exact) mass is 449 g/mol. The number of aromatic nitrogens is 2. The van der Waals surface area contributed by atoms with Gasteiger partial charge in [-0.2, -0.15) is 0 Å². The number of benzene rings is 1. The fourth-order valence-corrected chi connectivity index (χ4v) is 3.42. The van der Waals surface area contributed by atoms with Gasteiger partial charge in [0.05, 0.1) is 11.2 Å². The summed E-state index contributed by atoms with van der Waals surface area (Å²) < 4.78 is 5.97. The van der Waals surface area contributed by atoms with Crippen molar-refractivity contribution >= 4 is 40.8 Å². The molecule has 2 aromatic rings. The van der Waals surface area contributed by atoms with Crippen molar-refractivity contribution in [2.75, 3.05) is 24.7 Å².